The number of thioether (sulfide) groups is 1. The van der Waals surface area contributed by atoms with Crippen molar-refractivity contribution in [2.24, 2.45) is 0 Å². The zero-order valence-corrected chi connectivity index (χ0v) is 10.6. The first-order chi connectivity index (χ1) is 7.33. The Labute approximate surface area is 98.3 Å². The van der Waals surface area contributed by atoms with E-state index in [1.807, 2.05) is 18.2 Å². The SMILES string of the molecule is CCCC[S@@](=O)CCSc1ccccn1. The van der Waals surface area contributed by atoms with Crippen molar-refractivity contribution in [1.82, 2.24) is 4.98 Å². The molecule has 0 aliphatic rings. The minimum Gasteiger partial charge on any atom is -0.260 e. The van der Waals surface area contributed by atoms with Gasteiger partial charge >= 0.3 is 0 Å². The molecule has 0 N–H and O–H groups in total. The summed E-state index contributed by atoms with van der Waals surface area (Å²) in [4.78, 5) is 4.20. The highest BCUT2D eigenvalue weighted by Crippen LogP contribution is 2.13. The zero-order chi connectivity index (χ0) is 10.9. The van der Waals surface area contributed by atoms with Crippen molar-refractivity contribution in [3.8, 4) is 0 Å². The van der Waals surface area contributed by atoms with Gasteiger partial charge in [0.15, 0.2) is 0 Å². The van der Waals surface area contributed by atoms with E-state index in [1.165, 1.54) is 0 Å². The van der Waals surface area contributed by atoms with Crippen molar-refractivity contribution < 1.29 is 4.21 Å². The summed E-state index contributed by atoms with van der Waals surface area (Å²) in [5, 5.41) is 1.02. The first-order valence-corrected chi connectivity index (χ1v) is 7.69. The fourth-order valence-electron chi connectivity index (χ4n) is 1.08. The summed E-state index contributed by atoms with van der Waals surface area (Å²) in [5.74, 6) is 2.52. The molecular formula is C11H17NOS2. The molecule has 1 atom stereocenters. The molecule has 2 nitrogen and oxygen atoms in total. The van der Waals surface area contributed by atoms with Gasteiger partial charge in [-0.2, -0.15) is 0 Å². The van der Waals surface area contributed by atoms with Gasteiger partial charge in [0.2, 0.25) is 0 Å². The normalized spacial score (nSPS) is 12.6. The predicted molar refractivity (Wildman–Crippen MR) is 67.7 cm³/mol. The van der Waals surface area contributed by atoms with Crippen molar-refractivity contribution in [3.05, 3.63) is 24.4 Å². The molecule has 4 heteroatoms. The fourth-order valence-corrected chi connectivity index (χ4v) is 3.49. The van der Waals surface area contributed by atoms with Crippen LogP contribution in [-0.4, -0.2) is 26.5 Å². The summed E-state index contributed by atoms with van der Waals surface area (Å²) in [6, 6.07) is 5.87. The molecule has 0 amide bonds. The summed E-state index contributed by atoms with van der Waals surface area (Å²) < 4.78 is 11.5. The topological polar surface area (TPSA) is 30.0 Å². The van der Waals surface area contributed by atoms with E-state index in [0.29, 0.717) is 0 Å². The van der Waals surface area contributed by atoms with Crippen LogP contribution in [0.25, 0.3) is 0 Å². The first kappa shape index (κ1) is 12.7. The maximum Gasteiger partial charge on any atom is 0.0960 e. The van der Waals surface area contributed by atoms with Crippen LogP contribution in [0.4, 0.5) is 0 Å². The Morgan fingerprint density at radius 1 is 1.40 bits per heavy atom. The van der Waals surface area contributed by atoms with Crippen molar-refractivity contribution in [3.63, 3.8) is 0 Å². The van der Waals surface area contributed by atoms with Crippen LogP contribution in [0.5, 0.6) is 0 Å². The van der Waals surface area contributed by atoms with Gasteiger partial charge < -0.3 is 0 Å². The molecule has 0 bridgehead atoms. The maximum absolute atomic E-state index is 11.5. The van der Waals surface area contributed by atoms with E-state index < -0.39 is 10.8 Å². The molecule has 1 heterocycles. The summed E-state index contributed by atoms with van der Waals surface area (Å²) in [5.41, 5.74) is 0. The van der Waals surface area contributed by atoms with Crippen LogP contribution in [-0.2, 0) is 10.8 Å². The second-order valence-corrected chi connectivity index (χ2v) is 6.03. The van der Waals surface area contributed by atoms with Gasteiger partial charge in [-0.15, -0.1) is 11.8 Å². The van der Waals surface area contributed by atoms with Gasteiger partial charge in [0.25, 0.3) is 0 Å². The average Bonchev–Trinajstić information content (AvgIpc) is 2.28. The van der Waals surface area contributed by atoms with Crippen molar-refractivity contribution in [2.75, 3.05) is 17.3 Å². The Kier molecular flexibility index (Phi) is 6.68. The summed E-state index contributed by atoms with van der Waals surface area (Å²) in [6.45, 7) is 2.12. The average molecular weight is 243 g/mol. The van der Waals surface area contributed by atoms with Crippen LogP contribution in [0, 0.1) is 0 Å². The van der Waals surface area contributed by atoms with E-state index in [-0.39, 0.29) is 0 Å². The molecule has 1 aromatic heterocycles. The molecule has 1 aromatic rings. The number of rotatable bonds is 7. The Bertz CT molecular complexity index is 290. The molecule has 0 aromatic carbocycles. The molecule has 0 saturated heterocycles. The fraction of sp³-hybridized carbons (Fsp3) is 0.545. The highest BCUT2D eigenvalue weighted by atomic mass is 32.2. The van der Waals surface area contributed by atoms with Crippen LogP contribution >= 0.6 is 11.8 Å². The lowest BCUT2D eigenvalue weighted by Crippen LogP contribution is -2.04. The van der Waals surface area contributed by atoms with Crippen LogP contribution in [0.1, 0.15) is 19.8 Å². The lowest BCUT2D eigenvalue weighted by Gasteiger charge is -2.01. The molecule has 1 rings (SSSR count). The number of nitrogens with zero attached hydrogens (tertiary/aromatic N) is 1. The molecule has 0 aliphatic carbocycles. The third-order valence-electron chi connectivity index (χ3n) is 1.92. The van der Waals surface area contributed by atoms with Gasteiger partial charge in [0, 0.05) is 34.3 Å². The van der Waals surface area contributed by atoms with Crippen LogP contribution in [0.15, 0.2) is 29.4 Å². The smallest absolute Gasteiger partial charge is 0.0960 e. The van der Waals surface area contributed by atoms with Gasteiger partial charge in [0.05, 0.1) is 5.03 Å². The van der Waals surface area contributed by atoms with Gasteiger partial charge in [-0.25, -0.2) is 4.98 Å². The number of hydrogen-bond acceptors (Lipinski definition) is 3. The minimum absolute atomic E-state index is 0.642. The van der Waals surface area contributed by atoms with Crippen LogP contribution in [0.3, 0.4) is 0 Å². The second kappa shape index (κ2) is 7.88. The quantitative estimate of drug-likeness (QED) is 0.690. The molecule has 0 aliphatic heterocycles. The largest absolute Gasteiger partial charge is 0.260 e. The first-order valence-electron chi connectivity index (χ1n) is 5.21. The lowest BCUT2D eigenvalue weighted by atomic mass is 10.4. The lowest BCUT2D eigenvalue weighted by molar-refractivity contribution is 0.680. The Morgan fingerprint density at radius 2 is 2.27 bits per heavy atom. The molecular weight excluding hydrogens is 226 g/mol. The van der Waals surface area contributed by atoms with Gasteiger partial charge in [-0.1, -0.05) is 19.4 Å². The van der Waals surface area contributed by atoms with Gasteiger partial charge in [0.1, 0.15) is 0 Å². The van der Waals surface area contributed by atoms with E-state index in [9.17, 15) is 4.21 Å². The molecule has 84 valence electrons. The van der Waals surface area contributed by atoms with E-state index in [1.54, 1.807) is 18.0 Å². The molecule has 0 saturated carbocycles. The third kappa shape index (κ3) is 5.95. The minimum atomic E-state index is -0.642. The van der Waals surface area contributed by atoms with E-state index in [2.05, 4.69) is 11.9 Å². The summed E-state index contributed by atoms with van der Waals surface area (Å²) in [7, 11) is -0.642. The van der Waals surface area contributed by atoms with Crippen molar-refractivity contribution >= 4 is 22.6 Å². The summed E-state index contributed by atoms with van der Waals surface area (Å²) in [6.07, 6.45) is 3.98. The van der Waals surface area contributed by atoms with Crippen LogP contribution < -0.4 is 0 Å². The number of unbranched alkanes of at least 4 members (excludes halogenated alkanes) is 1. The third-order valence-corrected chi connectivity index (χ3v) is 4.53. The zero-order valence-electron chi connectivity index (χ0n) is 9.02. The maximum atomic E-state index is 11.5. The Balaban J connectivity index is 2.14. The number of pyridine rings is 1. The molecule has 0 radical (unpaired) electrons. The standard InChI is InChI=1S/C11H17NOS2/c1-2-3-9-15(13)10-8-14-11-6-4-5-7-12-11/h4-7H,2-3,8-10H2,1H3/t15-/m1/s1. The summed E-state index contributed by atoms with van der Waals surface area (Å²) >= 11 is 1.68. The highest BCUT2D eigenvalue weighted by Gasteiger charge is 2.00. The molecule has 15 heavy (non-hydrogen) atoms. The number of aromatic nitrogens is 1. The van der Waals surface area contributed by atoms with Gasteiger partial charge in [-0.05, 0) is 18.6 Å². The highest BCUT2D eigenvalue weighted by molar-refractivity contribution is 8.00. The van der Waals surface area contributed by atoms with Crippen molar-refractivity contribution in [2.45, 2.75) is 24.8 Å². The van der Waals surface area contributed by atoms with Gasteiger partial charge in [-0.3, -0.25) is 4.21 Å². The molecule has 0 fully saturated rings. The predicted octanol–water partition coefficient (Wildman–Crippen LogP) is 2.72. The Hall–Kier alpha value is -0.350. The number of hydrogen-bond donors (Lipinski definition) is 0. The van der Waals surface area contributed by atoms with Crippen LogP contribution in [0.2, 0.25) is 0 Å². The van der Waals surface area contributed by atoms with E-state index in [0.717, 1.165) is 35.1 Å². The molecule has 0 unspecified atom stereocenters. The second-order valence-electron chi connectivity index (χ2n) is 3.22. The van der Waals surface area contributed by atoms with E-state index in [4.69, 9.17) is 0 Å². The Morgan fingerprint density at radius 3 is 2.93 bits per heavy atom. The monoisotopic (exact) mass is 243 g/mol. The van der Waals surface area contributed by atoms with Crippen molar-refractivity contribution in [1.29, 1.82) is 0 Å². The molecule has 0 spiro atoms. The van der Waals surface area contributed by atoms with E-state index >= 15 is 0 Å².